The van der Waals surface area contributed by atoms with E-state index in [1.807, 2.05) is 29.7 Å². The van der Waals surface area contributed by atoms with E-state index in [0.717, 1.165) is 21.5 Å². The molecule has 5 nitrogen and oxygen atoms in total. The van der Waals surface area contributed by atoms with Crippen molar-refractivity contribution in [3.05, 3.63) is 40.0 Å². The number of hydrogen-bond acceptors (Lipinski definition) is 4. The number of nitrogens with zero attached hydrogens (tertiary/aromatic N) is 1. The van der Waals surface area contributed by atoms with Crippen LogP contribution in [0.15, 0.2) is 38.6 Å². The molecule has 2 aromatic rings. The monoisotopic (exact) mass is 345 g/mol. The van der Waals surface area contributed by atoms with Gasteiger partial charge in [-0.1, -0.05) is 22.0 Å². The van der Waals surface area contributed by atoms with Gasteiger partial charge in [0.2, 0.25) is 5.58 Å². The van der Waals surface area contributed by atoms with Gasteiger partial charge in [0.1, 0.15) is 10.1 Å². The Morgan fingerprint density at radius 3 is 2.89 bits per heavy atom. The third-order valence-electron chi connectivity index (χ3n) is 2.63. The number of halogens is 1. The van der Waals surface area contributed by atoms with E-state index in [0.29, 0.717) is 18.4 Å². The van der Waals surface area contributed by atoms with E-state index in [2.05, 4.69) is 15.9 Å². The Morgan fingerprint density at radius 2 is 2.21 bits per heavy atom. The van der Waals surface area contributed by atoms with Gasteiger partial charge in [-0.25, -0.2) is 8.42 Å². The number of aromatic nitrogens is 1. The summed E-state index contributed by atoms with van der Waals surface area (Å²) in [5, 5.41) is 0.682. The van der Waals surface area contributed by atoms with Crippen molar-refractivity contribution in [1.29, 1.82) is 0 Å². The molecule has 0 aliphatic rings. The number of fused-ring (bicyclic) bond motifs is 1. The fourth-order valence-electron chi connectivity index (χ4n) is 1.84. The van der Waals surface area contributed by atoms with Crippen molar-refractivity contribution >= 4 is 37.1 Å². The van der Waals surface area contributed by atoms with Crippen molar-refractivity contribution in [3.63, 3.8) is 0 Å². The van der Waals surface area contributed by atoms with Crippen molar-refractivity contribution < 1.29 is 22.0 Å². The number of oxazole rings is 1. The molecule has 0 unspecified atom stereocenters. The fraction of sp³-hybridized carbons (Fsp3) is 0.250. The molecule has 2 rings (SSSR count). The van der Waals surface area contributed by atoms with E-state index >= 15 is 0 Å². The third-order valence-corrected chi connectivity index (χ3v) is 3.65. The van der Waals surface area contributed by atoms with Crippen molar-refractivity contribution in [2.75, 3.05) is 0 Å². The lowest BCUT2D eigenvalue weighted by Crippen LogP contribution is -2.34. The van der Waals surface area contributed by atoms with E-state index in [4.69, 9.17) is 4.42 Å². The van der Waals surface area contributed by atoms with Gasteiger partial charge in [0.05, 0.1) is 6.92 Å². The summed E-state index contributed by atoms with van der Waals surface area (Å²) in [5.41, 5.74) is 1.69. The first kappa shape index (κ1) is 14.2. The predicted octanol–water partition coefficient (Wildman–Crippen LogP) is 2.24. The van der Waals surface area contributed by atoms with E-state index in [1.54, 1.807) is 0 Å². The first-order chi connectivity index (χ1) is 8.87. The molecule has 102 valence electrons. The smallest absolute Gasteiger partial charge is 0.344 e. The Morgan fingerprint density at radius 1 is 1.47 bits per heavy atom. The van der Waals surface area contributed by atoms with Crippen LogP contribution in [0.3, 0.4) is 0 Å². The van der Waals surface area contributed by atoms with Gasteiger partial charge in [-0.15, -0.1) is 0 Å². The number of benzene rings is 1. The van der Waals surface area contributed by atoms with Gasteiger partial charge in [-0.3, -0.25) is 0 Å². The van der Waals surface area contributed by atoms with Crippen LogP contribution in [0.4, 0.5) is 0 Å². The van der Waals surface area contributed by atoms with Crippen LogP contribution in [0.2, 0.25) is 0 Å². The topological polar surface area (TPSA) is 74.2 Å². The molecule has 0 bridgehead atoms. The Labute approximate surface area is 119 Å². The van der Waals surface area contributed by atoms with Crippen LogP contribution in [0.5, 0.6) is 0 Å². The average molecular weight is 346 g/mol. The zero-order chi connectivity index (χ0) is 14.0. The second-order valence-corrected chi connectivity index (χ2v) is 6.21. The number of rotatable bonds is 4. The third kappa shape index (κ3) is 3.65. The maximum absolute atomic E-state index is 10.4. The summed E-state index contributed by atoms with van der Waals surface area (Å²) in [4.78, 5) is 0. The van der Waals surface area contributed by atoms with Gasteiger partial charge >= 0.3 is 5.89 Å². The lowest BCUT2D eigenvalue weighted by Gasteiger charge is -1.97. The Kier molecular flexibility index (Phi) is 4.07. The van der Waals surface area contributed by atoms with Crippen molar-refractivity contribution in [2.24, 2.45) is 0 Å². The van der Waals surface area contributed by atoms with Crippen molar-refractivity contribution in [2.45, 2.75) is 19.9 Å². The van der Waals surface area contributed by atoms with Gasteiger partial charge in [0, 0.05) is 22.4 Å². The molecule has 0 radical (unpaired) electrons. The highest BCUT2D eigenvalue weighted by atomic mass is 79.9. The largest absolute Gasteiger partial charge is 0.744 e. The summed E-state index contributed by atoms with van der Waals surface area (Å²) < 4.78 is 39.8. The molecule has 0 saturated heterocycles. The van der Waals surface area contributed by atoms with Gasteiger partial charge < -0.3 is 8.97 Å². The minimum atomic E-state index is -4.30. The van der Waals surface area contributed by atoms with E-state index in [9.17, 15) is 13.0 Å². The number of allylic oxidation sites excluding steroid dienone is 1. The summed E-state index contributed by atoms with van der Waals surface area (Å²) >= 11 is 3.39. The molecule has 0 amide bonds. The van der Waals surface area contributed by atoms with Crippen LogP contribution in [0.25, 0.3) is 11.1 Å². The fourth-order valence-corrected chi connectivity index (χ4v) is 2.56. The Hall–Kier alpha value is -1.18. The van der Waals surface area contributed by atoms with E-state index in [1.165, 1.54) is 6.08 Å². The van der Waals surface area contributed by atoms with Gasteiger partial charge in [-0.2, -0.15) is 4.57 Å². The van der Waals surface area contributed by atoms with Crippen LogP contribution >= 0.6 is 15.9 Å². The van der Waals surface area contributed by atoms with Crippen LogP contribution < -0.4 is 4.57 Å². The molecule has 7 heteroatoms. The van der Waals surface area contributed by atoms with Gasteiger partial charge in [0.15, 0.2) is 6.54 Å². The van der Waals surface area contributed by atoms with Crippen LogP contribution in [-0.4, -0.2) is 13.0 Å². The number of aryl methyl sites for hydroxylation is 2. The quantitative estimate of drug-likeness (QED) is 0.629. The molecule has 0 aliphatic carbocycles. The molecule has 0 fully saturated rings. The molecule has 0 atom stereocenters. The maximum Gasteiger partial charge on any atom is 0.344 e. The first-order valence-electron chi connectivity index (χ1n) is 5.58. The van der Waals surface area contributed by atoms with E-state index in [-0.39, 0.29) is 0 Å². The van der Waals surface area contributed by atoms with E-state index < -0.39 is 10.1 Å². The normalized spacial score (nSPS) is 12.6. The van der Waals surface area contributed by atoms with Crippen LogP contribution in [0.1, 0.15) is 12.3 Å². The summed E-state index contributed by atoms with van der Waals surface area (Å²) in [5.74, 6) is 0.728. The first-order valence-corrected chi connectivity index (χ1v) is 7.84. The summed E-state index contributed by atoms with van der Waals surface area (Å²) in [6.45, 7) is 2.38. The van der Waals surface area contributed by atoms with Crippen LogP contribution in [-0.2, 0) is 16.7 Å². The van der Waals surface area contributed by atoms with Crippen LogP contribution in [0, 0.1) is 6.92 Å². The molecule has 0 N–H and O–H groups in total. The summed E-state index contributed by atoms with van der Waals surface area (Å²) in [6.07, 6.45) is 1.79. The Bertz CT molecular complexity index is 734. The Balaban J connectivity index is 2.23. The van der Waals surface area contributed by atoms with Gasteiger partial charge in [0.25, 0.3) is 5.52 Å². The molecule has 19 heavy (non-hydrogen) atoms. The zero-order valence-electron chi connectivity index (χ0n) is 10.2. The zero-order valence-corrected chi connectivity index (χ0v) is 12.6. The SMILES string of the molecule is Cc1oc2ccc(Br)cc2[n+]1CC/C=C/S(=O)(=O)[O-]. The minimum Gasteiger partial charge on any atom is -0.744 e. The van der Waals surface area contributed by atoms with Crippen molar-refractivity contribution in [1.82, 2.24) is 0 Å². The molecule has 1 aromatic carbocycles. The second-order valence-electron chi connectivity index (χ2n) is 4.04. The number of hydrogen-bond donors (Lipinski definition) is 0. The average Bonchev–Trinajstić information content (AvgIpc) is 2.59. The molecule has 1 heterocycles. The second kappa shape index (κ2) is 5.44. The molecule has 0 aliphatic heterocycles. The highest BCUT2D eigenvalue weighted by molar-refractivity contribution is 9.10. The summed E-state index contributed by atoms with van der Waals surface area (Å²) in [6, 6.07) is 5.68. The standard InChI is InChI=1S/C12H12BrNO4S/c1-9-14(6-2-3-7-19(15,16)17)11-8-10(13)4-5-12(11)18-9/h3-5,7-8H,2,6H2,1H3/b7-3+. The molecular weight excluding hydrogens is 334 g/mol. The molecule has 0 spiro atoms. The maximum atomic E-state index is 10.4. The molecule has 0 saturated carbocycles. The highest BCUT2D eigenvalue weighted by Gasteiger charge is 2.18. The lowest BCUT2D eigenvalue weighted by atomic mass is 10.3. The van der Waals surface area contributed by atoms with Gasteiger partial charge in [-0.05, 0) is 12.1 Å². The molecule has 1 aromatic heterocycles. The molecular formula is C12H12BrNO4S. The minimum absolute atomic E-state index is 0.439. The van der Waals surface area contributed by atoms with Crippen molar-refractivity contribution in [3.8, 4) is 0 Å². The predicted molar refractivity (Wildman–Crippen MR) is 72.3 cm³/mol. The lowest BCUT2D eigenvalue weighted by molar-refractivity contribution is -0.681. The highest BCUT2D eigenvalue weighted by Crippen LogP contribution is 2.19. The summed E-state index contributed by atoms with van der Waals surface area (Å²) in [7, 11) is -4.30.